The molecule has 2 saturated heterocycles. The summed E-state index contributed by atoms with van der Waals surface area (Å²) >= 11 is 0. The molecule has 0 aromatic heterocycles. The highest BCUT2D eigenvalue weighted by atomic mass is 16.6. The lowest BCUT2D eigenvalue weighted by atomic mass is 9.48. The van der Waals surface area contributed by atoms with E-state index in [1.165, 1.54) is 19.8 Å². The zero-order chi connectivity index (χ0) is 15.5. The summed E-state index contributed by atoms with van der Waals surface area (Å²) < 4.78 is 5.78. The van der Waals surface area contributed by atoms with Gasteiger partial charge in [0.25, 0.3) is 0 Å². The summed E-state index contributed by atoms with van der Waals surface area (Å²) in [5.41, 5.74) is -0.142. The van der Waals surface area contributed by atoms with Crippen LogP contribution in [0.25, 0.3) is 0 Å². The summed E-state index contributed by atoms with van der Waals surface area (Å²) in [6, 6.07) is 0. The normalized spacial score (nSPS) is 53.5. The van der Waals surface area contributed by atoms with Gasteiger partial charge in [-0.2, -0.15) is 0 Å². The van der Waals surface area contributed by atoms with Gasteiger partial charge in [0, 0.05) is 19.3 Å². The summed E-state index contributed by atoms with van der Waals surface area (Å²) in [7, 11) is 0. The van der Waals surface area contributed by atoms with Crippen molar-refractivity contribution in [2.75, 3.05) is 13.1 Å². The van der Waals surface area contributed by atoms with Crippen LogP contribution in [0.3, 0.4) is 0 Å². The van der Waals surface area contributed by atoms with Gasteiger partial charge in [-0.05, 0) is 50.4 Å². The van der Waals surface area contributed by atoms with E-state index >= 15 is 0 Å². The average molecular weight is 307 g/mol. The predicted molar refractivity (Wildman–Crippen MR) is 83.6 cm³/mol. The van der Waals surface area contributed by atoms with Gasteiger partial charge < -0.3 is 14.6 Å². The number of nitrogens with zero attached hydrogens (tertiary/aromatic N) is 1. The summed E-state index contributed by atoms with van der Waals surface area (Å²) in [6.45, 7) is 5.43. The van der Waals surface area contributed by atoms with Crippen LogP contribution in [-0.2, 0) is 9.53 Å². The van der Waals surface area contributed by atoms with Crippen molar-refractivity contribution in [2.24, 2.45) is 23.7 Å². The Morgan fingerprint density at radius 3 is 2.55 bits per heavy atom. The first kappa shape index (κ1) is 14.9. The Kier molecular flexibility index (Phi) is 3.36. The molecule has 2 heterocycles. The van der Waals surface area contributed by atoms with Crippen LogP contribution in [0.2, 0.25) is 0 Å². The third kappa shape index (κ3) is 1.86. The Labute approximate surface area is 133 Å². The van der Waals surface area contributed by atoms with Gasteiger partial charge in [-0.3, -0.25) is 4.79 Å². The fourth-order valence-electron chi connectivity index (χ4n) is 7.05. The topological polar surface area (TPSA) is 49.4 Å². The van der Waals surface area contributed by atoms with Crippen LogP contribution in [0.5, 0.6) is 0 Å². The standard InChI is InChI=1S/C18H29NO3/c1-12-9-14-10-17(22-13(2)20)16-6-4-8-19(21)7-3-5-15(14)18(16,19)11-12/h12,14-17H,3-11H2,1-2H3/t12-,14+,15-,16-,17-,18-,19?/m1/s1. The molecule has 0 aromatic carbocycles. The van der Waals surface area contributed by atoms with Crippen molar-refractivity contribution >= 4 is 5.97 Å². The first-order valence-corrected chi connectivity index (χ1v) is 9.22. The van der Waals surface area contributed by atoms with Crippen LogP contribution >= 0.6 is 0 Å². The lowest BCUT2D eigenvalue weighted by Gasteiger charge is -2.73. The second kappa shape index (κ2) is 4.94. The molecule has 7 atom stereocenters. The van der Waals surface area contributed by atoms with Crippen molar-refractivity contribution < 1.29 is 14.2 Å². The van der Waals surface area contributed by atoms with E-state index in [9.17, 15) is 10.0 Å². The fourth-order valence-corrected chi connectivity index (χ4v) is 7.05. The molecule has 4 fully saturated rings. The number of carbonyl (C=O) groups is 1. The van der Waals surface area contributed by atoms with Crippen LogP contribution in [0.4, 0.5) is 0 Å². The highest BCUT2D eigenvalue weighted by Gasteiger charge is 2.68. The number of hydrogen-bond acceptors (Lipinski definition) is 3. The Bertz CT molecular complexity index is 477. The number of hydrogen-bond donors (Lipinski definition) is 0. The molecule has 4 nitrogen and oxygen atoms in total. The second-order valence-corrected chi connectivity index (χ2v) is 8.51. The van der Waals surface area contributed by atoms with Gasteiger partial charge in [-0.1, -0.05) is 6.92 Å². The molecule has 4 rings (SSSR count). The van der Waals surface area contributed by atoms with Crippen LogP contribution in [0.1, 0.15) is 58.8 Å². The van der Waals surface area contributed by atoms with E-state index in [-0.39, 0.29) is 22.3 Å². The van der Waals surface area contributed by atoms with Crippen molar-refractivity contribution in [1.29, 1.82) is 0 Å². The lowest BCUT2D eigenvalue weighted by molar-refractivity contribution is -0.958. The molecule has 0 radical (unpaired) electrons. The zero-order valence-corrected chi connectivity index (χ0v) is 13.9. The minimum Gasteiger partial charge on any atom is -0.632 e. The number of esters is 1. The Morgan fingerprint density at radius 1 is 1.18 bits per heavy atom. The predicted octanol–water partition coefficient (Wildman–Crippen LogP) is 3.24. The number of quaternary nitrogens is 1. The molecular weight excluding hydrogens is 278 g/mol. The van der Waals surface area contributed by atoms with E-state index in [4.69, 9.17) is 4.74 Å². The molecule has 22 heavy (non-hydrogen) atoms. The fraction of sp³-hybridized carbons (Fsp3) is 0.944. The molecule has 0 amide bonds. The van der Waals surface area contributed by atoms with Gasteiger partial charge in [0.1, 0.15) is 11.6 Å². The molecular formula is C18H29NO3. The number of rotatable bonds is 1. The second-order valence-electron chi connectivity index (χ2n) is 8.51. The summed E-state index contributed by atoms with van der Waals surface area (Å²) in [5.74, 6) is 1.94. The number of piperidine rings is 2. The molecule has 0 aromatic rings. The average Bonchev–Trinajstić information content (AvgIpc) is 2.42. The molecule has 1 unspecified atom stereocenters. The van der Waals surface area contributed by atoms with E-state index < -0.39 is 0 Å². The largest absolute Gasteiger partial charge is 0.632 e. The third-order valence-electron chi connectivity index (χ3n) is 7.36. The maximum absolute atomic E-state index is 13.8. The molecule has 0 N–H and O–H groups in total. The maximum Gasteiger partial charge on any atom is 0.302 e. The molecule has 4 aliphatic rings. The quantitative estimate of drug-likeness (QED) is 0.424. The van der Waals surface area contributed by atoms with Crippen molar-refractivity contribution in [1.82, 2.24) is 0 Å². The first-order valence-electron chi connectivity index (χ1n) is 9.22. The Hall–Kier alpha value is -0.610. The molecule has 4 heteroatoms. The highest BCUT2D eigenvalue weighted by Crippen LogP contribution is 2.63. The van der Waals surface area contributed by atoms with E-state index in [1.54, 1.807) is 0 Å². The van der Waals surface area contributed by atoms with E-state index in [0.29, 0.717) is 23.7 Å². The number of carbonyl (C=O) groups excluding carboxylic acids is 1. The van der Waals surface area contributed by atoms with Crippen molar-refractivity contribution in [3.8, 4) is 0 Å². The third-order valence-corrected chi connectivity index (χ3v) is 7.36. The van der Waals surface area contributed by atoms with Gasteiger partial charge in [0.15, 0.2) is 0 Å². The lowest BCUT2D eigenvalue weighted by Crippen LogP contribution is -2.78. The monoisotopic (exact) mass is 307 g/mol. The van der Waals surface area contributed by atoms with Crippen molar-refractivity contribution in [3.63, 3.8) is 0 Å². The van der Waals surface area contributed by atoms with E-state index in [0.717, 1.165) is 45.2 Å². The molecule has 2 aliphatic heterocycles. The number of hydroxylamine groups is 3. The van der Waals surface area contributed by atoms with Gasteiger partial charge in [0.05, 0.1) is 19.0 Å². The molecule has 2 saturated carbocycles. The summed E-state index contributed by atoms with van der Waals surface area (Å²) in [6.07, 6.45) is 7.67. The Morgan fingerprint density at radius 2 is 1.86 bits per heavy atom. The smallest absolute Gasteiger partial charge is 0.302 e. The minimum atomic E-state index is -0.170. The zero-order valence-electron chi connectivity index (χ0n) is 13.9. The first-order chi connectivity index (χ1) is 10.5. The summed E-state index contributed by atoms with van der Waals surface area (Å²) in [5, 5.41) is 13.8. The van der Waals surface area contributed by atoms with Gasteiger partial charge in [-0.15, -0.1) is 0 Å². The highest BCUT2D eigenvalue weighted by molar-refractivity contribution is 5.66. The molecule has 2 aliphatic carbocycles. The molecule has 2 bridgehead atoms. The van der Waals surface area contributed by atoms with Gasteiger partial charge in [-0.25, -0.2) is 0 Å². The maximum atomic E-state index is 13.8. The van der Waals surface area contributed by atoms with E-state index in [1.807, 2.05) is 0 Å². The van der Waals surface area contributed by atoms with Crippen LogP contribution in [0, 0.1) is 28.9 Å². The van der Waals surface area contributed by atoms with Crippen LogP contribution in [0.15, 0.2) is 0 Å². The molecule has 1 spiro atoms. The molecule has 124 valence electrons. The summed E-state index contributed by atoms with van der Waals surface area (Å²) in [4.78, 5) is 11.6. The van der Waals surface area contributed by atoms with Crippen LogP contribution < -0.4 is 0 Å². The SMILES string of the molecule is CC(=O)O[C@@H]1C[C@@H]2C[C@@H](C)C[C@]34[C@@H]2CCC[N+]3([O-])CCC[C@H]14. The van der Waals surface area contributed by atoms with Gasteiger partial charge >= 0.3 is 5.97 Å². The van der Waals surface area contributed by atoms with Crippen LogP contribution in [-0.4, -0.2) is 35.3 Å². The van der Waals surface area contributed by atoms with Crippen molar-refractivity contribution in [2.45, 2.75) is 70.4 Å². The Balaban J connectivity index is 1.79. The number of ether oxygens (including phenoxy) is 1. The van der Waals surface area contributed by atoms with Gasteiger partial charge in [0.2, 0.25) is 0 Å². The van der Waals surface area contributed by atoms with Crippen molar-refractivity contribution in [3.05, 3.63) is 5.21 Å². The van der Waals surface area contributed by atoms with E-state index in [2.05, 4.69) is 6.92 Å². The minimum absolute atomic E-state index is 0.00361.